The fourth-order valence-corrected chi connectivity index (χ4v) is 2.30. The zero-order chi connectivity index (χ0) is 15.2. The van der Waals surface area contributed by atoms with E-state index in [1.807, 2.05) is 0 Å². The molecule has 0 unspecified atom stereocenters. The highest BCUT2D eigenvalue weighted by atomic mass is 35.5. The van der Waals surface area contributed by atoms with Gasteiger partial charge in [0.05, 0.1) is 9.21 Å². The van der Waals surface area contributed by atoms with Crippen LogP contribution in [0.4, 0.5) is 4.39 Å². The molecule has 2 N–H and O–H groups in total. The van der Waals surface area contributed by atoms with Gasteiger partial charge in [0.25, 0.3) is 11.8 Å². The van der Waals surface area contributed by atoms with E-state index in [2.05, 4.69) is 10.9 Å². The van der Waals surface area contributed by atoms with E-state index < -0.39 is 24.2 Å². The quantitative estimate of drug-likeness (QED) is 0.847. The predicted molar refractivity (Wildman–Crippen MR) is 76.8 cm³/mol. The molecule has 0 aliphatic heterocycles. The summed E-state index contributed by atoms with van der Waals surface area (Å²) in [5.41, 5.74) is 4.36. The minimum absolute atomic E-state index is 0.0379. The van der Waals surface area contributed by atoms with E-state index in [0.29, 0.717) is 9.21 Å². The molecular formula is C13H10ClFN2O3S. The van der Waals surface area contributed by atoms with Crippen LogP contribution in [0, 0.1) is 5.82 Å². The van der Waals surface area contributed by atoms with Crippen LogP contribution in [0.2, 0.25) is 4.34 Å². The van der Waals surface area contributed by atoms with Gasteiger partial charge in [0.15, 0.2) is 18.2 Å². The first kappa shape index (κ1) is 15.3. The van der Waals surface area contributed by atoms with Crippen molar-refractivity contribution >= 4 is 34.8 Å². The van der Waals surface area contributed by atoms with Gasteiger partial charge in [-0.15, -0.1) is 11.3 Å². The number of hydrogen-bond donors (Lipinski definition) is 2. The molecule has 2 aromatic rings. The average Bonchev–Trinajstić information content (AvgIpc) is 2.90. The van der Waals surface area contributed by atoms with Crippen LogP contribution in [-0.2, 0) is 4.79 Å². The molecule has 0 fully saturated rings. The lowest BCUT2D eigenvalue weighted by Gasteiger charge is -2.08. The van der Waals surface area contributed by atoms with Crippen LogP contribution >= 0.6 is 22.9 Å². The van der Waals surface area contributed by atoms with Crippen molar-refractivity contribution in [1.82, 2.24) is 10.9 Å². The number of hydrazine groups is 1. The number of halogens is 2. The van der Waals surface area contributed by atoms with E-state index in [1.54, 1.807) is 12.1 Å². The first-order valence-electron chi connectivity index (χ1n) is 5.78. The topological polar surface area (TPSA) is 67.4 Å². The third kappa shape index (κ3) is 4.44. The molecule has 5 nitrogen and oxygen atoms in total. The summed E-state index contributed by atoms with van der Waals surface area (Å²) < 4.78 is 18.7. The third-order valence-corrected chi connectivity index (χ3v) is 3.54. The van der Waals surface area contributed by atoms with Crippen molar-refractivity contribution in [3.63, 3.8) is 0 Å². The molecule has 0 saturated carbocycles. The monoisotopic (exact) mass is 328 g/mol. The molecule has 0 aliphatic carbocycles. The van der Waals surface area contributed by atoms with E-state index in [1.165, 1.54) is 24.3 Å². The Balaban J connectivity index is 1.78. The molecule has 0 aliphatic rings. The SMILES string of the molecule is O=C(COc1ccccc1F)NNC(=O)c1ccc(Cl)s1. The van der Waals surface area contributed by atoms with Gasteiger partial charge in [-0.1, -0.05) is 23.7 Å². The average molecular weight is 329 g/mol. The first-order valence-corrected chi connectivity index (χ1v) is 6.97. The number of para-hydroxylation sites is 1. The van der Waals surface area contributed by atoms with Gasteiger partial charge in [0.2, 0.25) is 0 Å². The number of amides is 2. The molecule has 0 bridgehead atoms. The molecule has 0 atom stereocenters. The maximum absolute atomic E-state index is 13.2. The minimum Gasteiger partial charge on any atom is -0.481 e. The van der Waals surface area contributed by atoms with Crippen molar-refractivity contribution in [2.45, 2.75) is 0 Å². The Kier molecular flexibility index (Phi) is 5.13. The second-order valence-corrected chi connectivity index (χ2v) is 5.54. The highest BCUT2D eigenvalue weighted by Gasteiger charge is 2.10. The highest BCUT2D eigenvalue weighted by Crippen LogP contribution is 2.20. The van der Waals surface area contributed by atoms with Gasteiger partial charge in [-0.2, -0.15) is 0 Å². The summed E-state index contributed by atoms with van der Waals surface area (Å²) in [7, 11) is 0. The van der Waals surface area contributed by atoms with Crippen LogP contribution in [0.3, 0.4) is 0 Å². The van der Waals surface area contributed by atoms with E-state index in [-0.39, 0.29) is 5.75 Å². The van der Waals surface area contributed by atoms with Crippen LogP contribution < -0.4 is 15.6 Å². The fraction of sp³-hybridized carbons (Fsp3) is 0.0769. The van der Waals surface area contributed by atoms with Gasteiger partial charge in [-0.05, 0) is 24.3 Å². The molecule has 2 amide bonds. The highest BCUT2D eigenvalue weighted by molar-refractivity contribution is 7.17. The number of carbonyl (C=O) groups is 2. The summed E-state index contributed by atoms with van der Waals surface area (Å²) in [6, 6.07) is 8.81. The number of nitrogens with one attached hydrogen (secondary N) is 2. The fourth-order valence-electron chi connectivity index (χ4n) is 1.37. The van der Waals surface area contributed by atoms with Gasteiger partial charge in [-0.25, -0.2) is 4.39 Å². The zero-order valence-electron chi connectivity index (χ0n) is 10.6. The number of thiophene rings is 1. The smallest absolute Gasteiger partial charge is 0.279 e. The van der Waals surface area contributed by atoms with Crippen LogP contribution in [0.5, 0.6) is 5.75 Å². The Hall–Kier alpha value is -2.12. The van der Waals surface area contributed by atoms with E-state index in [0.717, 1.165) is 11.3 Å². The maximum atomic E-state index is 13.2. The van der Waals surface area contributed by atoms with Crippen molar-refractivity contribution < 1.29 is 18.7 Å². The van der Waals surface area contributed by atoms with E-state index in [9.17, 15) is 14.0 Å². The molecule has 2 rings (SSSR count). The van der Waals surface area contributed by atoms with Crippen molar-refractivity contribution in [2.75, 3.05) is 6.61 Å². The molecule has 8 heteroatoms. The zero-order valence-corrected chi connectivity index (χ0v) is 12.1. The largest absolute Gasteiger partial charge is 0.481 e. The van der Waals surface area contributed by atoms with Crippen LogP contribution in [0.25, 0.3) is 0 Å². The van der Waals surface area contributed by atoms with Gasteiger partial charge >= 0.3 is 0 Å². The molecule has 21 heavy (non-hydrogen) atoms. The first-order chi connectivity index (χ1) is 10.1. The number of ether oxygens (including phenoxy) is 1. The summed E-state index contributed by atoms with van der Waals surface area (Å²) in [6.07, 6.45) is 0. The molecular weight excluding hydrogens is 319 g/mol. The second kappa shape index (κ2) is 7.05. The Morgan fingerprint density at radius 3 is 2.62 bits per heavy atom. The normalized spacial score (nSPS) is 10.0. The Morgan fingerprint density at radius 1 is 1.19 bits per heavy atom. The number of hydrogen-bond acceptors (Lipinski definition) is 4. The summed E-state index contributed by atoms with van der Waals surface area (Å²) in [4.78, 5) is 23.4. The molecule has 1 heterocycles. The molecule has 110 valence electrons. The second-order valence-electron chi connectivity index (χ2n) is 3.83. The predicted octanol–water partition coefficient (Wildman–Crippen LogP) is 2.38. The lowest BCUT2D eigenvalue weighted by molar-refractivity contribution is -0.123. The number of rotatable bonds is 4. The standard InChI is InChI=1S/C13H10ClFN2O3S/c14-11-6-5-10(21-11)13(19)17-16-12(18)7-20-9-4-2-1-3-8(9)15/h1-6H,7H2,(H,16,18)(H,17,19). The van der Waals surface area contributed by atoms with E-state index >= 15 is 0 Å². The van der Waals surface area contributed by atoms with Crippen LogP contribution in [0.1, 0.15) is 9.67 Å². The van der Waals surface area contributed by atoms with Crippen LogP contribution in [-0.4, -0.2) is 18.4 Å². The summed E-state index contributed by atoms with van der Waals surface area (Å²) in [5.74, 6) is -1.72. The van der Waals surface area contributed by atoms with Gasteiger partial charge in [0, 0.05) is 0 Å². The summed E-state index contributed by atoms with van der Waals surface area (Å²) in [5, 5.41) is 0. The lowest BCUT2D eigenvalue weighted by atomic mass is 10.3. The van der Waals surface area contributed by atoms with E-state index in [4.69, 9.17) is 16.3 Å². The summed E-state index contributed by atoms with van der Waals surface area (Å²) >= 11 is 6.78. The lowest BCUT2D eigenvalue weighted by Crippen LogP contribution is -2.43. The van der Waals surface area contributed by atoms with Gasteiger partial charge in [0.1, 0.15) is 0 Å². The van der Waals surface area contributed by atoms with Crippen molar-refractivity contribution in [2.24, 2.45) is 0 Å². The maximum Gasteiger partial charge on any atom is 0.279 e. The van der Waals surface area contributed by atoms with Crippen molar-refractivity contribution in [1.29, 1.82) is 0 Å². The Labute approximate surface area is 128 Å². The molecule has 0 radical (unpaired) electrons. The Morgan fingerprint density at radius 2 is 1.95 bits per heavy atom. The molecule has 0 saturated heterocycles. The molecule has 1 aromatic heterocycles. The minimum atomic E-state index is -0.616. The molecule has 1 aromatic carbocycles. The number of carbonyl (C=O) groups excluding carboxylic acids is 2. The Bertz CT molecular complexity index is 662. The van der Waals surface area contributed by atoms with Crippen LogP contribution in [0.15, 0.2) is 36.4 Å². The number of benzene rings is 1. The van der Waals surface area contributed by atoms with Gasteiger partial charge in [-0.3, -0.25) is 20.4 Å². The van der Waals surface area contributed by atoms with Gasteiger partial charge < -0.3 is 4.74 Å². The van der Waals surface area contributed by atoms with Crippen molar-refractivity contribution in [3.05, 3.63) is 51.4 Å². The summed E-state index contributed by atoms with van der Waals surface area (Å²) in [6.45, 7) is -0.424. The third-order valence-electron chi connectivity index (χ3n) is 2.31. The van der Waals surface area contributed by atoms with Crippen molar-refractivity contribution in [3.8, 4) is 5.75 Å². The molecule has 0 spiro atoms.